The van der Waals surface area contributed by atoms with Crippen molar-refractivity contribution in [1.29, 1.82) is 0 Å². The van der Waals surface area contributed by atoms with Crippen molar-refractivity contribution in [2.24, 2.45) is 7.05 Å². The highest BCUT2D eigenvalue weighted by Crippen LogP contribution is 2.30. The number of benzene rings is 2. The first-order valence-electron chi connectivity index (χ1n) is 7.54. The Bertz CT molecular complexity index is 1010. The summed E-state index contributed by atoms with van der Waals surface area (Å²) in [6.45, 7) is 1.90. The number of hydrogen-bond donors (Lipinski definition) is 1. The summed E-state index contributed by atoms with van der Waals surface area (Å²) in [7, 11) is 2.01. The van der Waals surface area contributed by atoms with Gasteiger partial charge in [-0.3, -0.25) is 4.57 Å². The van der Waals surface area contributed by atoms with Crippen molar-refractivity contribution in [3.8, 4) is 23.0 Å². The molecule has 0 aliphatic heterocycles. The number of hydrogen-bond acceptors (Lipinski definition) is 2. The van der Waals surface area contributed by atoms with Crippen molar-refractivity contribution in [3.05, 3.63) is 66.4 Å². The molecule has 0 amide bonds. The molecule has 2 heterocycles. The molecule has 2 aromatic carbocycles. The van der Waals surface area contributed by atoms with Gasteiger partial charge in [0.05, 0.1) is 16.7 Å². The van der Waals surface area contributed by atoms with Gasteiger partial charge in [0, 0.05) is 18.9 Å². The van der Waals surface area contributed by atoms with E-state index >= 15 is 0 Å². The Morgan fingerprint density at radius 1 is 1.00 bits per heavy atom. The summed E-state index contributed by atoms with van der Waals surface area (Å²) in [5.74, 6) is 1.20. The average molecular weight is 303 g/mol. The van der Waals surface area contributed by atoms with Crippen molar-refractivity contribution in [2.45, 2.75) is 6.92 Å². The second-order valence-corrected chi connectivity index (χ2v) is 5.73. The van der Waals surface area contributed by atoms with Crippen LogP contribution in [0.3, 0.4) is 0 Å². The van der Waals surface area contributed by atoms with Crippen molar-refractivity contribution in [3.63, 3.8) is 0 Å². The van der Waals surface area contributed by atoms with E-state index in [1.54, 1.807) is 6.07 Å². The van der Waals surface area contributed by atoms with Crippen LogP contribution in [0.4, 0.5) is 0 Å². The van der Waals surface area contributed by atoms with Crippen molar-refractivity contribution in [2.75, 3.05) is 0 Å². The van der Waals surface area contributed by atoms with Gasteiger partial charge in [0.2, 0.25) is 0 Å². The smallest absolute Gasteiger partial charge is 0.162 e. The topological polar surface area (TPSA) is 43.0 Å². The van der Waals surface area contributed by atoms with Crippen LogP contribution in [-0.2, 0) is 7.05 Å². The molecule has 0 unspecified atom stereocenters. The van der Waals surface area contributed by atoms with Crippen LogP contribution >= 0.6 is 0 Å². The number of para-hydroxylation sites is 2. The van der Waals surface area contributed by atoms with Crippen LogP contribution in [0.1, 0.15) is 5.56 Å². The first kappa shape index (κ1) is 13.6. The number of aromatic nitrogens is 3. The van der Waals surface area contributed by atoms with Gasteiger partial charge in [-0.05, 0) is 55.0 Å². The van der Waals surface area contributed by atoms with Gasteiger partial charge >= 0.3 is 0 Å². The molecule has 23 heavy (non-hydrogen) atoms. The van der Waals surface area contributed by atoms with Crippen LogP contribution in [-0.4, -0.2) is 19.2 Å². The van der Waals surface area contributed by atoms with Crippen LogP contribution in [0.15, 0.2) is 60.8 Å². The highest BCUT2D eigenvalue weighted by Gasteiger charge is 2.16. The molecule has 4 rings (SSSR count). The summed E-state index contributed by atoms with van der Waals surface area (Å²) >= 11 is 0. The van der Waals surface area contributed by atoms with Crippen LogP contribution in [0, 0.1) is 6.92 Å². The number of phenols is 1. The molecular formula is C19H17N3O. The van der Waals surface area contributed by atoms with E-state index in [2.05, 4.69) is 21.3 Å². The number of aryl methyl sites for hydroxylation is 2. The third-order valence-electron chi connectivity index (χ3n) is 4.17. The lowest BCUT2D eigenvalue weighted by atomic mass is 10.2. The van der Waals surface area contributed by atoms with Gasteiger partial charge in [-0.2, -0.15) is 0 Å². The Kier molecular flexibility index (Phi) is 2.98. The Labute approximate surface area is 134 Å². The Morgan fingerprint density at radius 3 is 2.57 bits per heavy atom. The molecule has 0 saturated heterocycles. The Balaban J connectivity index is 2.07. The molecule has 0 atom stereocenters. The van der Waals surface area contributed by atoms with E-state index in [9.17, 15) is 5.11 Å². The first-order valence-corrected chi connectivity index (χ1v) is 7.54. The maximum Gasteiger partial charge on any atom is 0.162 e. The minimum atomic E-state index is 0.304. The van der Waals surface area contributed by atoms with Gasteiger partial charge in [0.1, 0.15) is 5.75 Å². The summed E-state index contributed by atoms with van der Waals surface area (Å²) in [5.41, 5.74) is 4.89. The molecule has 0 bridgehead atoms. The summed E-state index contributed by atoms with van der Waals surface area (Å²) < 4.78 is 4.20. The molecule has 0 radical (unpaired) electrons. The van der Waals surface area contributed by atoms with Gasteiger partial charge in [-0.1, -0.05) is 12.1 Å². The molecule has 0 aliphatic rings. The fraction of sp³-hybridized carbons (Fsp3) is 0.105. The summed E-state index contributed by atoms with van der Waals surface area (Å²) in [6.07, 6.45) is 2.01. The minimum absolute atomic E-state index is 0.304. The standard InChI is InChI=1S/C19H17N3O/c1-13-12-14(9-10-18(13)23)22-16-7-4-3-6-15(16)20-19(22)17-8-5-11-21(17)2/h3-12,23H,1-2H3. The van der Waals surface area contributed by atoms with E-state index in [-0.39, 0.29) is 0 Å². The second-order valence-electron chi connectivity index (χ2n) is 5.73. The van der Waals surface area contributed by atoms with Crippen molar-refractivity contribution < 1.29 is 5.11 Å². The fourth-order valence-corrected chi connectivity index (χ4v) is 2.93. The molecule has 114 valence electrons. The van der Waals surface area contributed by atoms with Crippen molar-refractivity contribution >= 4 is 11.0 Å². The zero-order valence-corrected chi connectivity index (χ0v) is 13.1. The number of aromatic hydroxyl groups is 1. The second kappa shape index (κ2) is 5.02. The van der Waals surface area contributed by atoms with Crippen LogP contribution in [0.5, 0.6) is 5.75 Å². The fourth-order valence-electron chi connectivity index (χ4n) is 2.93. The number of rotatable bonds is 2. The molecule has 0 fully saturated rings. The van der Waals surface area contributed by atoms with Gasteiger partial charge in [0.25, 0.3) is 0 Å². The number of imidazole rings is 1. The number of phenolic OH excluding ortho intramolecular Hbond substituents is 1. The van der Waals surface area contributed by atoms with E-state index in [0.717, 1.165) is 33.8 Å². The summed E-state index contributed by atoms with van der Waals surface area (Å²) in [4.78, 5) is 4.82. The maximum atomic E-state index is 9.82. The Hall–Kier alpha value is -3.01. The monoisotopic (exact) mass is 303 g/mol. The van der Waals surface area contributed by atoms with E-state index in [1.807, 2.05) is 56.6 Å². The zero-order valence-electron chi connectivity index (χ0n) is 13.1. The molecule has 1 N–H and O–H groups in total. The zero-order chi connectivity index (χ0) is 16.0. The molecule has 4 nitrogen and oxygen atoms in total. The molecule has 2 aromatic heterocycles. The molecule has 0 aliphatic carbocycles. The van der Waals surface area contributed by atoms with Crippen LogP contribution < -0.4 is 0 Å². The van der Waals surface area contributed by atoms with E-state index < -0.39 is 0 Å². The van der Waals surface area contributed by atoms with Crippen LogP contribution in [0.25, 0.3) is 28.2 Å². The van der Waals surface area contributed by atoms with Crippen molar-refractivity contribution in [1.82, 2.24) is 14.1 Å². The molecule has 0 spiro atoms. The SMILES string of the molecule is Cc1cc(-n2c(-c3cccn3C)nc3ccccc32)ccc1O. The van der Waals surface area contributed by atoms with Crippen LogP contribution in [0.2, 0.25) is 0 Å². The lowest BCUT2D eigenvalue weighted by Gasteiger charge is -2.11. The van der Waals surface area contributed by atoms with Gasteiger partial charge in [-0.15, -0.1) is 0 Å². The molecular weight excluding hydrogens is 286 g/mol. The lowest BCUT2D eigenvalue weighted by molar-refractivity contribution is 0.471. The summed E-state index contributed by atoms with van der Waals surface area (Å²) in [5, 5.41) is 9.82. The molecule has 4 heteroatoms. The predicted octanol–water partition coefficient (Wildman–Crippen LogP) is 4.05. The molecule has 0 saturated carbocycles. The average Bonchev–Trinajstić information content (AvgIpc) is 3.13. The highest BCUT2D eigenvalue weighted by molar-refractivity contribution is 5.82. The highest BCUT2D eigenvalue weighted by atomic mass is 16.3. The third kappa shape index (κ3) is 2.11. The first-order chi connectivity index (χ1) is 11.1. The van der Waals surface area contributed by atoms with E-state index in [1.165, 1.54) is 0 Å². The van der Waals surface area contributed by atoms with Gasteiger partial charge in [-0.25, -0.2) is 4.98 Å². The normalized spacial score (nSPS) is 11.2. The predicted molar refractivity (Wildman–Crippen MR) is 91.9 cm³/mol. The third-order valence-corrected chi connectivity index (χ3v) is 4.17. The molecule has 4 aromatic rings. The van der Waals surface area contributed by atoms with E-state index in [4.69, 9.17) is 4.98 Å². The number of nitrogens with zero attached hydrogens (tertiary/aromatic N) is 3. The number of fused-ring (bicyclic) bond motifs is 1. The maximum absolute atomic E-state index is 9.82. The van der Waals surface area contributed by atoms with E-state index in [0.29, 0.717) is 5.75 Å². The lowest BCUT2D eigenvalue weighted by Crippen LogP contribution is -2.01. The summed E-state index contributed by atoms with van der Waals surface area (Å²) in [6, 6.07) is 17.8. The quantitative estimate of drug-likeness (QED) is 0.607. The van der Waals surface area contributed by atoms with Gasteiger partial charge in [0.15, 0.2) is 5.82 Å². The Morgan fingerprint density at radius 2 is 1.83 bits per heavy atom. The van der Waals surface area contributed by atoms with Gasteiger partial charge < -0.3 is 9.67 Å². The largest absolute Gasteiger partial charge is 0.508 e. The minimum Gasteiger partial charge on any atom is -0.508 e.